The van der Waals surface area contributed by atoms with Gasteiger partial charge in [-0.15, -0.1) is 0 Å². The standard InChI is InChI=1S/C18H28N2O2Si/c1-18(2,3)23(7,8)22-15-11-9-10-14-16(15)13(12-19(4)5)17(21)20(14)6/h9-12H,1-8H3. The van der Waals surface area contributed by atoms with Crippen molar-refractivity contribution in [3.63, 3.8) is 0 Å². The van der Waals surface area contributed by atoms with E-state index in [1.807, 2.05) is 50.4 Å². The maximum atomic E-state index is 12.6. The molecule has 126 valence electrons. The topological polar surface area (TPSA) is 32.8 Å². The molecule has 0 saturated carbocycles. The summed E-state index contributed by atoms with van der Waals surface area (Å²) in [5.74, 6) is 0.833. The van der Waals surface area contributed by atoms with Gasteiger partial charge in [-0.3, -0.25) is 4.79 Å². The lowest BCUT2D eigenvalue weighted by atomic mass is 10.1. The van der Waals surface area contributed by atoms with E-state index in [0.29, 0.717) is 5.57 Å². The van der Waals surface area contributed by atoms with Gasteiger partial charge in [0, 0.05) is 27.3 Å². The zero-order valence-corrected chi connectivity index (χ0v) is 16.5. The minimum Gasteiger partial charge on any atom is -0.543 e. The van der Waals surface area contributed by atoms with Gasteiger partial charge in [0.1, 0.15) is 5.75 Å². The normalized spacial score (nSPS) is 16.8. The van der Waals surface area contributed by atoms with Crippen molar-refractivity contribution in [3.05, 3.63) is 30.0 Å². The van der Waals surface area contributed by atoms with Crippen LogP contribution in [-0.4, -0.2) is 40.3 Å². The fraction of sp³-hybridized carbons (Fsp3) is 0.500. The van der Waals surface area contributed by atoms with Crippen molar-refractivity contribution < 1.29 is 9.22 Å². The number of hydrogen-bond acceptors (Lipinski definition) is 3. The molecule has 1 aliphatic heterocycles. The molecule has 0 saturated heterocycles. The van der Waals surface area contributed by atoms with Crippen LogP contribution in [0.15, 0.2) is 24.4 Å². The van der Waals surface area contributed by atoms with Gasteiger partial charge in [-0.25, -0.2) is 0 Å². The van der Waals surface area contributed by atoms with E-state index in [0.717, 1.165) is 17.0 Å². The van der Waals surface area contributed by atoms with Crippen molar-refractivity contribution in [2.45, 2.75) is 38.9 Å². The molecule has 4 nitrogen and oxygen atoms in total. The van der Waals surface area contributed by atoms with Crippen LogP contribution in [0.1, 0.15) is 26.3 Å². The summed E-state index contributed by atoms with van der Waals surface area (Å²) < 4.78 is 6.52. The van der Waals surface area contributed by atoms with Gasteiger partial charge in [-0.1, -0.05) is 26.8 Å². The van der Waals surface area contributed by atoms with Crippen LogP contribution in [0, 0.1) is 0 Å². The molecular formula is C18H28N2O2Si. The maximum absolute atomic E-state index is 12.6. The Bertz CT molecular complexity index is 657. The van der Waals surface area contributed by atoms with E-state index in [9.17, 15) is 4.79 Å². The molecule has 0 unspecified atom stereocenters. The molecule has 0 radical (unpaired) electrons. The number of anilines is 1. The monoisotopic (exact) mass is 332 g/mol. The van der Waals surface area contributed by atoms with Crippen molar-refractivity contribution in [1.82, 2.24) is 4.90 Å². The first-order valence-corrected chi connectivity index (χ1v) is 10.9. The van der Waals surface area contributed by atoms with Gasteiger partial charge in [-0.05, 0) is 30.3 Å². The Balaban J connectivity index is 2.57. The Kier molecular flexibility index (Phi) is 4.37. The third-order valence-electron chi connectivity index (χ3n) is 4.73. The first-order chi connectivity index (χ1) is 10.5. The first-order valence-electron chi connectivity index (χ1n) is 7.94. The quantitative estimate of drug-likeness (QED) is 0.620. The van der Waals surface area contributed by atoms with Gasteiger partial charge in [0.2, 0.25) is 0 Å². The predicted molar refractivity (Wildman–Crippen MR) is 99.3 cm³/mol. The van der Waals surface area contributed by atoms with Crippen LogP contribution in [-0.2, 0) is 4.79 Å². The summed E-state index contributed by atoms with van der Waals surface area (Å²) in [7, 11) is 3.69. The minimum atomic E-state index is -1.97. The SMILES string of the molecule is CN(C)C=C1C(=O)N(C)c2cccc(O[Si](C)(C)C(C)(C)C)c21. The van der Waals surface area contributed by atoms with Crippen LogP contribution in [0.5, 0.6) is 5.75 Å². The summed E-state index contributed by atoms with van der Waals surface area (Å²) >= 11 is 0. The highest BCUT2D eigenvalue weighted by Crippen LogP contribution is 2.45. The number of amides is 1. The minimum absolute atomic E-state index is 0.0139. The van der Waals surface area contributed by atoms with Gasteiger partial charge in [-0.2, -0.15) is 0 Å². The third kappa shape index (κ3) is 3.15. The highest BCUT2D eigenvalue weighted by molar-refractivity contribution is 6.74. The van der Waals surface area contributed by atoms with E-state index in [2.05, 4.69) is 33.9 Å². The number of carbonyl (C=O) groups is 1. The molecule has 0 N–H and O–H groups in total. The summed E-state index contributed by atoms with van der Waals surface area (Å²) in [6.07, 6.45) is 1.88. The van der Waals surface area contributed by atoms with Crippen LogP contribution in [0.25, 0.3) is 5.57 Å². The van der Waals surface area contributed by atoms with E-state index in [4.69, 9.17) is 4.43 Å². The van der Waals surface area contributed by atoms with Crippen LogP contribution in [0.4, 0.5) is 5.69 Å². The van der Waals surface area contributed by atoms with E-state index >= 15 is 0 Å². The van der Waals surface area contributed by atoms with E-state index in [-0.39, 0.29) is 10.9 Å². The highest BCUT2D eigenvalue weighted by atomic mass is 28.4. The summed E-state index contributed by atoms with van der Waals surface area (Å²) in [5, 5.41) is 0.107. The van der Waals surface area contributed by atoms with Crippen molar-refractivity contribution >= 4 is 25.5 Å². The van der Waals surface area contributed by atoms with Crippen LogP contribution in [0.2, 0.25) is 18.1 Å². The van der Waals surface area contributed by atoms with Crippen molar-refractivity contribution in [1.29, 1.82) is 0 Å². The van der Waals surface area contributed by atoms with Gasteiger partial charge >= 0.3 is 0 Å². The molecule has 1 aliphatic rings. The fourth-order valence-electron chi connectivity index (χ4n) is 2.36. The third-order valence-corrected chi connectivity index (χ3v) is 9.07. The van der Waals surface area contributed by atoms with Crippen molar-refractivity contribution in [2.75, 3.05) is 26.0 Å². The number of carbonyl (C=O) groups excluding carboxylic acids is 1. The number of nitrogens with zero attached hydrogens (tertiary/aromatic N) is 2. The average molecular weight is 333 g/mol. The highest BCUT2D eigenvalue weighted by Gasteiger charge is 2.41. The molecular weight excluding hydrogens is 304 g/mol. The average Bonchev–Trinajstić information content (AvgIpc) is 2.63. The lowest BCUT2D eigenvalue weighted by Crippen LogP contribution is -2.44. The summed E-state index contributed by atoms with van der Waals surface area (Å²) in [5.41, 5.74) is 2.53. The molecule has 0 aliphatic carbocycles. The molecule has 5 heteroatoms. The van der Waals surface area contributed by atoms with Gasteiger partial charge in [0.25, 0.3) is 14.2 Å². The molecule has 0 bridgehead atoms. The number of hydrogen-bond donors (Lipinski definition) is 0. The molecule has 1 amide bonds. The molecule has 1 aromatic rings. The second kappa shape index (κ2) is 5.71. The molecule has 0 fully saturated rings. The number of likely N-dealkylation sites (N-methyl/N-ethyl adjacent to an activating group) is 1. The molecule has 0 atom stereocenters. The summed E-state index contributed by atoms with van der Waals surface area (Å²) in [6, 6.07) is 5.92. The Hall–Kier alpha value is -1.75. The Morgan fingerprint density at radius 1 is 1.22 bits per heavy atom. The lowest BCUT2D eigenvalue weighted by Gasteiger charge is -2.37. The number of fused-ring (bicyclic) bond motifs is 1. The van der Waals surface area contributed by atoms with Gasteiger partial charge in [0.05, 0.1) is 16.8 Å². The van der Waals surface area contributed by atoms with E-state index < -0.39 is 8.32 Å². The zero-order chi connectivity index (χ0) is 17.6. The van der Waals surface area contributed by atoms with Crippen molar-refractivity contribution in [2.24, 2.45) is 0 Å². The molecule has 2 rings (SSSR count). The maximum Gasteiger partial charge on any atom is 0.260 e. The fourth-order valence-corrected chi connectivity index (χ4v) is 3.38. The summed E-state index contributed by atoms with van der Waals surface area (Å²) in [6.45, 7) is 11.1. The Labute approximate surface area is 140 Å². The molecule has 1 heterocycles. The van der Waals surface area contributed by atoms with E-state index in [1.165, 1.54) is 0 Å². The van der Waals surface area contributed by atoms with Crippen molar-refractivity contribution in [3.8, 4) is 5.75 Å². The second-order valence-electron chi connectivity index (χ2n) is 7.88. The van der Waals surface area contributed by atoms with E-state index in [1.54, 1.807) is 4.90 Å². The molecule has 1 aromatic carbocycles. The zero-order valence-electron chi connectivity index (χ0n) is 15.5. The Morgan fingerprint density at radius 3 is 2.35 bits per heavy atom. The molecule has 23 heavy (non-hydrogen) atoms. The number of benzene rings is 1. The first kappa shape index (κ1) is 17.6. The summed E-state index contributed by atoms with van der Waals surface area (Å²) in [4.78, 5) is 16.2. The van der Waals surface area contributed by atoms with Gasteiger partial charge < -0.3 is 14.2 Å². The second-order valence-corrected chi connectivity index (χ2v) is 12.6. The smallest absolute Gasteiger partial charge is 0.260 e. The molecule has 0 aromatic heterocycles. The Morgan fingerprint density at radius 2 is 1.83 bits per heavy atom. The molecule has 0 spiro atoms. The van der Waals surface area contributed by atoms with Crippen LogP contribution in [0.3, 0.4) is 0 Å². The lowest BCUT2D eigenvalue weighted by molar-refractivity contribution is -0.112. The number of rotatable bonds is 3. The van der Waals surface area contributed by atoms with Gasteiger partial charge in [0.15, 0.2) is 0 Å². The van der Waals surface area contributed by atoms with Crippen LogP contribution >= 0.6 is 0 Å². The predicted octanol–water partition coefficient (Wildman–Crippen LogP) is 3.95. The van der Waals surface area contributed by atoms with Crippen LogP contribution < -0.4 is 9.33 Å². The largest absolute Gasteiger partial charge is 0.543 e.